The predicted octanol–water partition coefficient (Wildman–Crippen LogP) is 2.17. The van der Waals surface area contributed by atoms with Crippen LogP contribution in [0.3, 0.4) is 0 Å². The average Bonchev–Trinajstić information content (AvgIpc) is 2.16. The second-order valence-electron chi connectivity index (χ2n) is 2.89. The monoisotopic (exact) mass is 197 g/mol. The fourth-order valence-electron chi connectivity index (χ4n) is 1.54. The Balaban J connectivity index is 3.27. The molecule has 3 heteroatoms. The van der Waals surface area contributed by atoms with E-state index in [0.29, 0.717) is 5.30 Å². The molecule has 1 rings (SSSR count). The first-order chi connectivity index (χ1) is 6.20. The molecule has 0 radical (unpaired) electrons. The van der Waals surface area contributed by atoms with Crippen molar-refractivity contribution in [2.75, 3.05) is 0 Å². The Morgan fingerprint density at radius 3 is 2.46 bits per heavy atom. The van der Waals surface area contributed by atoms with Crippen LogP contribution in [-0.4, -0.2) is 4.89 Å². The van der Waals surface area contributed by atoms with Crippen LogP contribution < -0.4 is 5.30 Å². The van der Waals surface area contributed by atoms with Crippen LogP contribution in [0, 0.1) is 0 Å². The van der Waals surface area contributed by atoms with Gasteiger partial charge in [0.2, 0.25) is 5.30 Å². The van der Waals surface area contributed by atoms with E-state index >= 15 is 0 Å². The molecule has 0 aliphatic rings. The van der Waals surface area contributed by atoms with Crippen LogP contribution in [-0.2, 0) is 17.4 Å². The van der Waals surface area contributed by atoms with Gasteiger partial charge in [0, 0.05) is 5.56 Å². The van der Waals surface area contributed by atoms with Crippen molar-refractivity contribution in [2.45, 2.75) is 26.7 Å². The summed E-state index contributed by atoms with van der Waals surface area (Å²) in [5.74, 6) is 0. The van der Waals surface area contributed by atoms with Gasteiger partial charge in [-0.15, -0.1) is 0 Å². The lowest BCUT2D eigenvalue weighted by atomic mass is 10.0. The van der Waals surface area contributed by atoms with Gasteiger partial charge in [0.15, 0.2) is 0 Å². The summed E-state index contributed by atoms with van der Waals surface area (Å²) in [6, 6.07) is 5.59. The third-order valence-corrected chi connectivity index (χ3v) is 3.02. The molecule has 0 aliphatic heterocycles. The highest BCUT2D eigenvalue weighted by Crippen LogP contribution is 2.19. The van der Waals surface area contributed by atoms with Gasteiger partial charge in [-0.2, -0.15) is 4.89 Å². The van der Waals surface area contributed by atoms with Crippen LogP contribution in [0.15, 0.2) is 18.2 Å². The molecule has 70 valence electrons. The summed E-state index contributed by atoms with van der Waals surface area (Å²) in [6.07, 6.45) is 1.74. The molecule has 0 saturated heterocycles. The van der Waals surface area contributed by atoms with E-state index in [-0.39, 0.29) is 0 Å². The molecule has 2 nitrogen and oxygen atoms in total. The molecular weight excluding hydrogens is 183 g/mol. The van der Waals surface area contributed by atoms with E-state index in [1.165, 1.54) is 5.56 Å². The molecule has 0 fully saturated rings. The lowest BCUT2D eigenvalue weighted by Crippen LogP contribution is -2.07. The molecule has 1 unspecified atom stereocenters. The number of benzene rings is 1. The number of rotatable bonds is 3. The Bertz CT molecular complexity index is 321. The van der Waals surface area contributed by atoms with Crippen LogP contribution in [0.25, 0.3) is 0 Å². The second kappa shape index (κ2) is 4.50. The van der Waals surface area contributed by atoms with Crippen LogP contribution >= 0.6 is 8.03 Å². The van der Waals surface area contributed by atoms with Crippen molar-refractivity contribution in [3.63, 3.8) is 0 Å². The Morgan fingerprint density at radius 1 is 1.31 bits per heavy atom. The smallest absolute Gasteiger partial charge is 0.156 e. The van der Waals surface area contributed by atoms with Gasteiger partial charge in [-0.25, -0.2) is 0 Å². The van der Waals surface area contributed by atoms with E-state index in [2.05, 4.69) is 6.92 Å². The molecule has 1 N–H and O–H groups in total. The Hall–Kier alpha value is -0.720. The van der Waals surface area contributed by atoms with Crippen LogP contribution in [0.2, 0.25) is 0 Å². The summed E-state index contributed by atoms with van der Waals surface area (Å²) < 4.78 is 11.0. The molecule has 0 amide bonds. The first-order valence-electron chi connectivity index (χ1n) is 4.47. The summed E-state index contributed by atoms with van der Waals surface area (Å²) in [5, 5.41) is 0.594. The van der Waals surface area contributed by atoms with Crippen molar-refractivity contribution >= 4 is 13.3 Å². The fourth-order valence-corrected chi connectivity index (χ4v) is 2.29. The Kier molecular flexibility index (Phi) is 3.58. The topological polar surface area (TPSA) is 37.3 Å². The highest BCUT2D eigenvalue weighted by molar-refractivity contribution is 7.47. The summed E-state index contributed by atoms with van der Waals surface area (Å²) in [6.45, 7) is 4.07. The minimum Gasteiger partial charge on any atom is -0.156 e. The minimum atomic E-state index is -2.19. The highest BCUT2D eigenvalue weighted by atomic mass is 31.1. The number of hydrogen-bond acceptors (Lipinski definition) is 1. The fraction of sp³-hybridized carbons (Fsp3) is 0.400. The predicted molar refractivity (Wildman–Crippen MR) is 54.7 cm³/mol. The van der Waals surface area contributed by atoms with E-state index in [9.17, 15) is 4.57 Å². The first kappa shape index (κ1) is 10.4. The van der Waals surface area contributed by atoms with E-state index in [4.69, 9.17) is 4.89 Å². The molecule has 0 spiro atoms. The van der Waals surface area contributed by atoms with Gasteiger partial charge >= 0.3 is 8.03 Å². The van der Waals surface area contributed by atoms with Crippen LogP contribution in [0.4, 0.5) is 0 Å². The van der Waals surface area contributed by atoms with E-state index in [0.717, 1.165) is 18.4 Å². The first-order valence-corrected chi connectivity index (χ1v) is 5.68. The van der Waals surface area contributed by atoms with E-state index in [1.807, 2.05) is 19.1 Å². The minimum absolute atomic E-state index is 0.594. The molecule has 0 aliphatic carbocycles. The third kappa shape index (κ3) is 2.15. The summed E-state index contributed by atoms with van der Waals surface area (Å²) in [7, 11) is -2.19. The quantitative estimate of drug-likeness (QED) is 0.754. The summed E-state index contributed by atoms with van der Waals surface area (Å²) in [5.41, 5.74) is 2.21. The third-order valence-electron chi connectivity index (χ3n) is 2.19. The zero-order valence-electron chi connectivity index (χ0n) is 7.95. The second-order valence-corrected chi connectivity index (χ2v) is 3.92. The zero-order valence-corrected chi connectivity index (χ0v) is 8.84. The summed E-state index contributed by atoms with van der Waals surface area (Å²) >= 11 is 0. The van der Waals surface area contributed by atoms with Crippen molar-refractivity contribution in [1.29, 1.82) is 0 Å². The molecule has 13 heavy (non-hydrogen) atoms. The standard InChI is InChI=1S/C10H13O2P/c1-3-8-6-5-7-10(13(11)12)9(8)4-2/h5-7H,3-4H2,1-2H3/p+1. The lowest BCUT2D eigenvalue weighted by Gasteiger charge is -2.03. The summed E-state index contributed by atoms with van der Waals surface area (Å²) in [4.78, 5) is 9.06. The molecular formula is C10H14O2P+. The van der Waals surface area contributed by atoms with Crippen LogP contribution in [0.1, 0.15) is 25.0 Å². The Labute approximate surface area is 79.5 Å². The van der Waals surface area contributed by atoms with Crippen molar-refractivity contribution in [3.8, 4) is 0 Å². The maximum atomic E-state index is 11.0. The highest BCUT2D eigenvalue weighted by Gasteiger charge is 2.21. The van der Waals surface area contributed by atoms with E-state index in [1.54, 1.807) is 6.07 Å². The normalized spacial score (nSPS) is 11.5. The van der Waals surface area contributed by atoms with Gasteiger partial charge in [0.1, 0.15) is 0 Å². The maximum absolute atomic E-state index is 11.0. The largest absolute Gasteiger partial charge is 0.546 e. The average molecular weight is 197 g/mol. The molecule has 1 aromatic carbocycles. The maximum Gasteiger partial charge on any atom is 0.546 e. The van der Waals surface area contributed by atoms with Gasteiger partial charge in [0.05, 0.1) is 0 Å². The van der Waals surface area contributed by atoms with Gasteiger partial charge in [-0.05, 0) is 29.0 Å². The molecule has 0 aromatic heterocycles. The van der Waals surface area contributed by atoms with Crippen molar-refractivity contribution in [1.82, 2.24) is 0 Å². The van der Waals surface area contributed by atoms with Gasteiger partial charge in [-0.3, -0.25) is 0 Å². The zero-order chi connectivity index (χ0) is 9.84. The molecule has 0 heterocycles. The van der Waals surface area contributed by atoms with Crippen molar-refractivity contribution < 1.29 is 9.46 Å². The molecule has 1 atom stereocenters. The van der Waals surface area contributed by atoms with Crippen molar-refractivity contribution in [3.05, 3.63) is 29.3 Å². The molecule has 0 bridgehead atoms. The number of hydrogen-bond donors (Lipinski definition) is 1. The lowest BCUT2D eigenvalue weighted by molar-refractivity contribution is 0.513. The van der Waals surface area contributed by atoms with Gasteiger partial charge in [0.25, 0.3) is 0 Å². The van der Waals surface area contributed by atoms with E-state index < -0.39 is 8.03 Å². The molecule has 0 saturated carbocycles. The Morgan fingerprint density at radius 2 is 2.00 bits per heavy atom. The van der Waals surface area contributed by atoms with Gasteiger partial charge in [-0.1, -0.05) is 26.0 Å². The van der Waals surface area contributed by atoms with Crippen molar-refractivity contribution in [2.24, 2.45) is 0 Å². The number of aryl methyl sites for hydroxylation is 1. The van der Waals surface area contributed by atoms with Gasteiger partial charge < -0.3 is 0 Å². The SMILES string of the molecule is CCc1cccc([P+](=O)O)c1CC. The van der Waals surface area contributed by atoms with Crippen LogP contribution in [0.5, 0.6) is 0 Å². The molecule has 1 aromatic rings.